The highest BCUT2D eigenvalue weighted by Gasteiger charge is 2.08. The van der Waals surface area contributed by atoms with E-state index in [1.807, 2.05) is 13.8 Å². The number of hydrogen-bond acceptors (Lipinski definition) is 2. The van der Waals surface area contributed by atoms with Crippen LogP contribution in [0.3, 0.4) is 0 Å². The Kier molecular flexibility index (Phi) is 4.53. The van der Waals surface area contributed by atoms with Gasteiger partial charge in [0.15, 0.2) is 0 Å². The van der Waals surface area contributed by atoms with E-state index >= 15 is 0 Å². The summed E-state index contributed by atoms with van der Waals surface area (Å²) in [4.78, 5) is 11.4. The van der Waals surface area contributed by atoms with Gasteiger partial charge in [-0.1, -0.05) is 32.0 Å². The van der Waals surface area contributed by atoms with E-state index in [1.54, 1.807) is 0 Å². The van der Waals surface area contributed by atoms with Gasteiger partial charge in [0.05, 0.1) is 13.0 Å². The molecular weight excluding hydrogens is 200 g/mol. The molecule has 16 heavy (non-hydrogen) atoms. The first-order valence-electron chi connectivity index (χ1n) is 5.79. The summed E-state index contributed by atoms with van der Waals surface area (Å²) in [6.45, 7) is 8.60. The van der Waals surface area contributed by atoms with Crippen molar-refractivity contribution in [1.82, 2.24) is 0 Å². The van der Waals surface area contributed by atoms with Crippen molar-refractivity contribution in [2.45, 2.75) is 40.0 Å². The Hall–Kier alpha value is -1.31. The van der Waals surface area contributed by atoms with Crippen LogP contribution in [0, 0.1) is 6.92 Å². The average molecular weight is 220 g/mol. The van der Waals surface area contributed by atoms with Crippen molar-refractivity contribution < 1.29 is 9.53 Å². The van der Waals surface area contributed by atoms with Crippen LogP contribution in [-0.4, -0.2) is 12.6 Å². The third kappa shape index (κ3) is 3.37. The summed E-state index contributed by atoms with van der Waals surface area (Å²) in [5.74, 6) is 0.341. The van der Waals surface area contributed by atoms with Crippen molar-refractivity contribution >= 4 is 5.97 Å². The second-order valence-electron chi connectivity index (χ2n) is 4.32. The molecule has 0 atom stereocenters. The predicted octanol–water partition coefficient (Wildman–Crippen LogP) is 3.22. The number of aryl methyl sites for hydroxylation is 1. The first-order valence-corrected chi connectivity index (χ1v) is 5.79. The van der Waals surface area contributed by atoms with Crippen molar-refractivity contribution in [3.05, 3.63) is 34.9 Å². The van der Waals surface area contributed by atoms with Gasteiger partial charge in [-0.25, -0.2) is 0 Å². The van der Waals surface area contributed by atoms with Crippen LogP contribution in [0.5, 0.6) is 0 Å². The Morgan fingerprint density at radius 3 is 2.62 bits per heavy atom. The second-order valence-corrected chi connectivity index (χ2v) is 4.32. The second kappa shape index (κ2) is 5.69. The molecule has 0 heterocycles. The fourth-order valence-electron chi connectivity index (χ4n) is 1.61. The highest BCUT2D eigenvalue weighted by Crippen LogP contribution is 2.19. The lowest BCUT2D eigenvalue weighted by Gasteiger charge is -2.10. The maximum absolute atomic E-state index is 11.4. The Morgan fingerprint density at radius 2 is 2.06 bits per heavy atom. The molecule has 0 fully saturated rings. The Morgan fingerprint density at radius 1 is 1.38 bits per heavy atom. The van der Waals surface area contributed by atoms with Gasteiger partial charge in [0, 0.05) is 0 Å². The Bertz CT molecular complexity index is 367. The number of rotatable bonds is 4. The minimum absolute atomic E-state index is 0.147. The molecular formula is C14H20O2. The smallest absolute Gasteiger partial charge is 0.310 e. The van der Waals surface area contributed by atoms with Crippen molar-refractivity contribution in [1.29, 1.82) is 0 Å². The van der Waals surface area contributed by atoms with Crippen LogP contribution in [0.2, 0.25) is 0 Å². The normalized spacial score (nSPS) is 10.6. The molecule has 0 aromatic heterocycles. The SMILES string of the molecule is CCOC(=O)Cc1cc(C(C)C)ccc1C. The zero-order valence-corrected chi connectivity index (χ0v) is 10.5. The van der Waals surface area contributed by atoms with Crippen molar-refractivity contribution in [2.75, 3.05) is 6.61 Å². The minimum Gasteiger partial charge on any atom is -0.466 e. The number of benzene rings is 1. The van der Waals surface area contributed by atoms with Crippen LogP contribution < -0.4 is 0 Å². The van der Waals surface area contributed by atoms with Gasteiger partial charge in [0.25, 0.3) is 0 Å². The summed E-state index contributed by atoms with van der Waals surface area (Å²) in [5.41, 5.74) is 3.49. The van der Waals surface area contributed by atoms with E-state index in [2.05, 4.69) is 32.0 Å². The lowest BCUT2D eigenvalue weighted by molar-refractivity contribution is -0.142. The highest BCUT2D eigenvalue weighted by atomic mass is 16.5. The van der Waals surface area contributed by atoms with E-state index in [0.29, 0.717) is 18.9 Å². The maximum atomic E-state index is 11.4. The zero-order valence-electron chi connectivity index (χ0n) is 10.5. The Labute approximate surface area is 97.6 Å². The number of ether oxygens (including phenoxy) is 1. The van der Waals surface area contributed by atoms with Gasteiger partial charge >= 0.3 is 5.97 Å². The largest absolute Gasteiger partial charge is 0.466 e. The summed E-state index contributed by atoms with van der Waals surface area (Å²) in [6.07, 6.45) is 0.375. The van der Waals surface area contributed by atoms with Gasteiger partial charge in [0.1, 0.15) is 0 Å². The molecule has 2 heteroatoms. The molecule has 0 aliphatic heterocycles. The number of carbonyl (C=O) groups excluding carboxylic acids is 1. The van der Waals surface area contributed by atoms with Gasteiger partial charge in [-0.15, -0.1) is 0 Å². The molecule has 0 radical (unpaired) electrons. The predicted molar refractivity (Wildman–Crippen MR) is 65.6 cm³/mol. The van der Waals surface area contributed by atoms with Crippen molar-refractivity contribution in [2.24, 2.45) is 0 Å². The molecule has 0 bridgehead atoms. The topological polar surface area (TPSA) is 26.3 Å². The average Bonchev–Trinajstić information content (AvgIpc) is 2.21. The molecule has 0 aliphatic carbocycles. The summed E-state index contributed by atoms with van der Waals surface area (Å²) in [7, 11) is 0. The van der Waals surface area contributed by atoms with Gasteiger partial charge in [0.2, 0.25) is 0 Å². The monoisotopic (exact) mass is 220 g/mol. The Balaban J connectivity index is 2.86. The van der Waals surface area contributed by atoms with E-state index in [4.69, 9.17) is 4.74 Å². The van der Waals surface area contributed by atoms with E-state index in [0.717, 1.165) is 11.1 Å². The molecule has 1 aromatic rings. The first kappa shape index (κ1) is 12.8. The number of carbonyl (C=O) groups is 1. The number of hydrogen-bond donors (Lipinski definition) is 0. The van der Waals surface area contributed by atoms with Gasteiger partial charge < -0.3 is 4.74 Å². The third-order valence-corrected chi connectivity index (χ3v) is 2.68. The molecule has 0 aliphatic rings. The van der Waals surface area contributed by atoms with Crippen LogP contribution in [0.1, 0.15) is 43.4 Å². The fraction of sp³-hybridized carbons (Fsp3) is 0.500. The minimum atomic E-state index is -0.147. The summed E-state index contributed by atoms with van der Waals surface area (Å²) in [6, 6.07) is 6.30. The van der Waals surface area contributed by atoms with Crippen LogP contribution >= 0.6 is 0 Å². The van der Waals surface area contributed by atoms with E-state index in [1.165, 1.54) is 5.56 Å². The van der Waals surface area contributed by atoms with Crippen LogP contribution in [0.15, 0.2) is 18.2 Å². The molecule has 0 spiro atoms. The maximum Gasteiger partial charge on any atom is 0.310 e. The molecule has 1 aromatic carbocycles. The van der Waals surface area contributed by atoms with Gasteiger partial charge in [-0.2, -0.15) is 0 Å². The van der Waals surface area contributed by atoms with E-state index in [9.17, 15) is 4.79 Å². The third-order valence-electron chi connectivity index (χ3n) is 2.68. The summed E-state index contributed by atoms with van der Waals surface area (Å²) < 4.78 is 4.96. The van der Waals surface area contributed by atoms with E-state index in [-0.39, 0.29) is 5.97 Å². The number of esters is 1. The summed E-state index contributed by atoms with van der Waals surface area (Å²) in [5, 5.41) is 0. The lowest BCUT2D eigenvalue weighted by Crippen LogP contribution is -2.09. The molecule has 0 unspecified atom stereocenters. The van der Waals surface area contributed by atoms with E-state index < -0.39 is 0 Å². The quantitative estimate of drug-likeness (QED) is 0.728. The molecule has 1 rings (SSSR count). The molecule has 88 valence electrons. The van der Waals surface area contributed by atoms with Crippen molar-refractivity contribution in [3.63, 3.8) is 0 Å². The van der Waals surface area contributed by atoms with Gasteiger partial charge in [-0.3, -0.25) is 4.79 Å². The van der Waals surface area contributed by atoms with Gasteiger partial charge in [-0.05, 0) is 36.5 Å². The fourth-order valence-corrected chi connectivity index (χ4v) is 1.61. The van der Waals surface area contributed by atoms with Crippen LogP contribution in [-0.2, 0) is 16.0 Å². The van der Waals surface area contributed by atoms with Crippen molar-refractivity contribution in [3.8, 4) is 0 Å². The molecule has 0 N–H and O–H groups in total. The molecule has 0 saturated carbocycles. The molecule has 0 amide bonds. The summed E-state index contributed by atoms with van der Waals surface area (Å²) >= 11 is 0. The van der Waals surface area contributed by atoms with Crippen LogP contribution in [0.4, 0.5) is 0 Å². The molecule has 2 nitrogen and oxygen atoms in total. The lowest BCUT2D eigenvalue weighted by atomic mass is 9.96. The zero-order chi connectivity index (χ0) is 12.1. The van der Waals surface area contributed by atoms with Crippen LogP contribution in [0.25, 0.3) is 0 Å². The highest BCUT2D eigenvalue weighted by molar-refractivity contribution is 5.73. The standard InChI is InChI=1S/C14H20O2/c1-5-16-14(15)9-13-8-12(10(2)3)7-6-11(13)4/h6-8,10H,5,9H2,1-4H3. The first-order chi connectivity index (χ1) is 7.54. The molecule has 0 saturated heterocycles.